The third-order valence-electron chi connectivity index (χ3n) is 6.31. The highest BCUT2D eigenvalue weighted by Crippen LogP contribution is 2.32. The van der Waals surface area contributed by atoms with Crippen molar-refractivity contribution < 1.29 is 13.2 Å². The zero-order valence-electron chi connectivity index (χ0n) is 18.7. The minimum Gasteiger partial charge on any atom is -0.345 e. The first-order valence-electron chi connectivity index (χ1n) is 11.0. The summed E-state index contributed by atoms with van der Waals surface area (Å²) in [6.07, 6.45) is 0.680. The molecule has 0 bridgehead atoms. The van der Waals surface area contributed by atoms with E-state index in [9.17, 15) is 13.2 Å². The molecule has 7 nitrogen and oxygen atoms in total. The molecule has 1 fully saturated rings. The molecule has 1 saturated heterocycles. The van der Waals surface area contributed by atoms with Gasteiger partial charge in [-0.05, 0) is 37.1 Å². The van der Waals surface area contributed by atoms with Gasteiger partial charge in [-0.3, -0.25) is 4.79 Å². The Morgan fingerprint density at radius 3 is 2.42 bits per heavy atom. The number of anilines is 2. The monoisotopic (exact) mass is 482 g/mol. The van der Waals surface area contributed by atoms with E-state index in [-0.39, 0.29) is 5.91 Å². The number of carbonyl (C=O) groups excluding carboxylic acids is 1. The van der Waals surface area contributed by atoms with Crippen LogP contribution in [0.1, 0.15) is 18.1 Å². The van der Waals surface area contributed by atoms with E-state index < -0.39 is 10.0 Å². The maximum atomic E-state index is 13.3. The van der Waals surface area contributed by atoms with Crippen molar-refractivity contribution in [2.75, 3.05) is 42.5 Å². The Morgan fingerprint density at radius 1 is 1.00 bits per heavy atom. The second kappa shape index (κ2) is 8.55. The molecular weight excluding hydrogens is 456 g/mol. The summed E-state index contributed by atoms with van der Waals surface area (Å²) in [7, 11) is -3.58. The predicted octanol–water partition coefficient (Wildman–Crippen LogP) is 3.54. The quantitative estimate of drug-likeness (QED) is 0.569. The topological polar surface area (TPSA) is 73.8 Å². The van der Waals surface area contributed by atoms with E-state index in [0.29, 0.717) is 44.0 Å². The molecule has 0 N–H and O–H groups in total. The zero-order valence-corrected chi connectivity index (χ0v) is 20.3. The summed E-state index contributed by atoms with van der Waals surface area (Å²) in [6, 6.07) is 13.4. The Bertz CT molecular complexity index is 1290. The first-order chi connectivity index (χ1) is 15.8. The van der Waals surface area contributed by atoms with Crippen LogP contribution >= 0.6 is 11.3 Å². The highest BCUT2D eigenvalue weighted by Gasteiger charge is 2.31. The molecule has 2 aliphatic rings. The van der Waals surface area contributed by atoms with Gasteiger partial charge in [0.2, 0.25) is 15.9 Å². The van der Waals surface area contributed by atoms with Crippen LogP contribution in [0.25, 0.3) is 11.3 Å². The Hall–Kier alpha value is -2.75. The number of benzene rings is 2. The number of carbonyl (C=O) groups is 1. The van der Waals surface area contributed by atoms with E-state index in [1.807, 2.05) is 0 Å². The molecule has 0 spiro atoms. The summed E-state index contributed by atoms with van der Waals surface area (Å²) in [4.78, 5) is 20.7. The van der Waals surface area contributed by atoms with Crippen molar-refractivity contribution in [3.8, 4) is 11.3 Å². The van der Waals surface area contributed by atoms with Crippen molar-refractivity contribution in [2.45, 2.75) is 25.2 Å². The Balaban J connectivity index is 1.27. The van der Waals surface area contributed by atoms with Gasteiger partial charge in [-0.1, -0.05) is 29.8 Å². The largest absolute Gasteiger partial charge is 0.345 e. The summed E-state index contributed by atoms with van der Waals surface area (Å²) in [5, 5.41) is 2.97. The number of amides is 1. The van der Waals surface area contributed by atoms with Crippen molar-refractivity contribution in [1.82, 2.24) is 9.29 Å². The summed E-state index contributed by atoms with van der Waals surface area (Å²) in [5.74, 6) is -0.0202. The van der Waals surface area contributed by atoms with Crippen LogP contribution in [0, 0.1) is 6.92 Å². The van der Waals surface area contributed by atoms with Crippen LogP contribution in [-0.4, -0.2) is 56.3 Å². The van der Waals surface area contributed by atoms with Gasteiger partial charge in [0.1, 0.15) is 0 Å². The SMILES string of the molecule is CC(=O)N1CCc2cc(S(=O)(=O)N3CCN(c4nc(-c5ccc(C)cc5)cs4)CC3)ccc21. The Labute approximate surface area is 198 Å². The van der Waals surface area contributed by atoms with Crippen LogP contribution in [0.5, 0.6) is 0 Å². The Kier molecular flexibility index (Phi) is 5.72. The van der Waals surface area contributed by atoms with E-state index >= 15 is 0 Å². The highest BCUT2D eigenvalue weighted by molar-refractivity contribution is 7.89. The fourth-order valence-corrected chi connectivity index (χ4v) is 6.76. The van der Waals surface area contributed by atoms with Crippen molar-refractivity contribution in [3.63, 3.8) is 0 Å². The fourth-order valence-electron chi connectivity index (χ4n) is 4.40. The average Bonchev–Trinajstić information content (AvgIpc) is 3.47. The lowest BCUT2D eigenvalue weighted by molar-refractivity contribution is -0.116. The number of nitrogens with zero attached hydrogens (tertiary/aromatic N) is 4. The summed E-state index contributed by atoms with van der Waals surface area (Å²) in [5.41, 5.74) is 4.98. The molecule has 2 aromatic carbocycles. The number of aromatic nitrogens is 1. The standard InChI is InChI=1S/C24H26N4O3S2/c1-17-3-5-19(6-4-17)22-16-32-24(25-22)26-11-13-27(14-12-26)33(30,31)21-7-8-23-20(15-21)9-10-28(23)18(2)29/h3-8,15-16H,9-14H2,1-2H3. The molecule has 0 saturated carbocycles. The van der Waals surface area contributed by atoms with Crippen molar-refractivity contribution in [3.05, 3.63) is 59.0 Å². The Morgan fingerprint density at radius 2 is 1.73 bits per heavy atom. The molecule has 1 amide bonds. The molecule has 3 aromatic rings. The number of thiazole rings is 1. The first kappa shape index (κ1) is 22.1. The van der Waals surface area contributed by atoms with Crippen molar-refractivity contribution >= 4 is 38.1 Å². The zero-order chi connectivity index (χ0) is 23.2. The number of aryl methyl sites for hydroxylation is 1. The molecule has 0 radical (unpaired) electrons. The third kappa shape index (κ3) is 4.16. The van der Waals surface area contributed by atoms with Gasteiger partial charge in [0.15, 0.2) is 5.13 Å². The second-order valence-corrected chi connectivity index (χ2v) is 11.3. The number of hydrogen-bond donors (Lipinski definition) is 0. The van der Waals surface area contributed by atoms with Gasteiger partial charge >= 0.3 is 0 Å². The van der Waals surface area contributed by atoms with Gasteiger partial charge in [-0.15, -0.1) is 11.3 Å². The molecular formula is C24H26N4O3S2. The summed E-state index contributed by atoms with van der Waals surface area (Å²) in [6.45, 7) is 6.23. The van der Waals surface area contributed by atoms with E-state index in [2.05, 4.69) is 41.5 Å². The van der Waals surface area contributed by atoms with Gasteiger partial charge in [0.05, 0.1) is 10.6 Å². The third-order valence-corrected chi connectivity index (χ3v) is 9.11. The van der Waals surface area contributed by atoms with Crippen molar-refractivity contribution in [1.29, 1.82) is 0 Å². The molecule has 33 heavy (non-hydrogen) atoms. The van der Waals surface area contributed by atoms with E-state index in [1.165, 1.54) is 12.5 Å². The molecule has 5 rings (SSSR count). The maximum absolute atomic E-state index is 13.3. The highest BCUT2D eigenvalue weighted by atomic mass is 32.2. The predicted molar refractivity (Wildman–Crippen MR) is 131 cm³/mol. The molecule has 1 aromatic heterocycles. The number of rotatable bonds is 4. The molecule has 2 aliphatic heterocycles. The number of sulfonamides is 1. The van der Waals surface area contributed by atoms with E-state index in [0.717, 1.165) is 27.6 Å². The fraction of sp³-hybridized carbons (Fsp3) is 0.333. The number of fused-ring (bicyclic) bond motifs is 1. The van der Waals surface area contributed by atoms with E-state index in [1.54, 1.807) is 38.7 Å². The van der Waals surface area contributed by atoms with Gasteiger partial charge in [0, 0.05) is 56.3 Å². The summed E-state index contributed by atoms with van der Waals surface area (Å²) >= 11 is 1.59. The number of hydrogen-bond acceptors (Lipinski definition) is 6. The smallest absolute Gasteiger partial charge is 0.243 e. The lowest BCUT2D eigenvalue weighted by atomic mass is 10.1. The van der Waals surface area contributed by atoms with Crippen LogP contribution in [0.15, 0.2) is 52.7 Å². The molecule has 0 atom stereocenters. The van der Waals surface area contributed by atoms with Crippen LogP contribution < -0.4 is 9.80 Å². The molecule has 172 valence electrons. The lowest BCUT2D eigenvalue weighted by Gasteiger charge is -2.33. The second-order valence-electron chi connectivity index (χ2n) is 8.48. The van der Waals surface area contributed by atoms with Gasteiger partial charge in [0.25, 0.3) is 0 Å². The van der Waals surface area contributed by atoms with Gasteiger partial charge < -0.3 is 9.80 Å². The first-order valence-corrected chi connectivity index (χ1v) is 13.3. The lowest BCUT2D eigenvalue weighted by Crippen LogP contribution is -2.48. The van der Waals surface area contributed by atoms with Crippen LogP contribution in [0.2, 0.25) is 0 Å². The van der Waals surface area contributed by atoms with E-state index in [4.69, 9.17) is 4.98 Å². The molecule has 0 aliphatic carbocycles. The minimum atomic E-state index is -3.58. The van der Waals surface area contributed by atoms with Crippen LogP contribution in [-0.2, 0) is 21.2 Å². The molecule has 3 heterocycles. The van der Waals surface area contributed by atoms with Gasteiger partial charge in [-0.25, -0.2) is 13.4 Å². The molecule has 9 heteroatoms. The van der Waals surface area contributed by atoms with Crippen molar-refractivity contribution in [2.24, 2.45) is 0 Å². The minimum absolute atomic E-state index is 0.0202. The molecule has 0 unspecified atom stereocenters. The van der Waals surface area contributed by atoms with Gasteiger partial charge in [-0.2, -0.15) is 4.31 Å². The number of piperazine rings is 1. The normalized spacial score (nSPS) is 16.8. The maximum Gasteiger partial charge on any atom is 0.243 e. The summed E-state index contributed by atoms with van der Waals surface area (Å²) < 4.78 is 28.1. The van der Waals surface area contributed by atoms with Crippen LogP contribution in [0.3, 0.4) is 0 Å². The van der Waals surface area contributed by atoms with Crippen LogP contribution in [0.4, 0.5) is 10.8 Å². The average molecular weight is 483 g/mol.